The molecule has 1 aromatic heterocycles. The van der Waals surface area contributed by atoms with Crippen molar-refractivity contribution in [3.8, 4) is 0 Å². The standard InChI is InChI=1S/C15H13IN2O3/c16-12-4-2-1-3-11(12)9-13(15(20)21)18-14(19)10-5-7-17-8-6-10/h1-8,13H,9H2,(H,18,19)(H,20,21)/t13-/m1/s1. The summed E-state index contributed by atoms with van der Waals surface area (Å²) in [7, 11) is 0. The number of amides is 1. The minimum absolute atomic E-state index is 0.241. The first-order valence-electron chi connectivity index (χ1n) is 6.25. The molecule has 0 unspecified atom stereocenters. The molecule has 2 aromatic rings. The Morgan fingerprint density at radius 1 is 1.19 bits per heavy atom. The Morgan fingerprint density at radius 2 is 1.86 bits per heavy atom. The zero-order valence-electron chi connectivity index (χ0n) is 11.0. The van der Waals surface area contributed by atoms with E-state index in [1.54, 1.807) is 12.1 Å². The Bertz CT molecular complexity index is 646. The van der Waals surface area contributed by atoms with Crippen LogP contribution in [-0.4, -0.2) is 28.0 Å². The smallest absolute Gasteiger partial charge is 0.326 e. The van der Waals surface area contributed by atoms with Crippen molar-refractivity contribution >= 4 is 34.5 Å². The number of nitrogens with zero attached hydrogens (tertiary/aromatic N) is 1. The molecule has 0 aliphatic rings. The van der Waals surface area contributed by atoms with E-state index in [9.17, 15) is 14.7 Å². The molecule has 108 valence electrons. The first kappa shape index (κ1) is 15.4. The van der Waals surface area contributed by atoms with Crippen LogP contribution in [0.2, 0.25) is 0 Å². The number of pyridine rings is 1. The molecule has 0 saturated heterocycles. The minimum atomic E-state index is -1.06. The maximum atomic E-state index is 12.0. The summed E-state index contributed by atoms with van der Waals surface area (Å²) in [6.45, 7) is 0. The van der Waals surface area contributed by atoms with Gasteiger partial charge in [0.15, 0.2) is 0 Å². The number of carbonyl (C=O) groups is 2. The van der Waals surface area contributed by atoms with Crippen molar-refractivity contribution in [2.75, 3.05) is 0 Å². The van der Waals surface area contributed by atoms with Gasteiger partial charge in [-0.25, -0.2) is 4.79 Å². The summed E-state index contributed by atoms with van der Waals surface area (Å²) in [6, 6.07) is 9.61. The van der Waals surface area contributed by atoms with Crippen molar-refractivity contribution in [1.82, 2.24) is 10.3 Å². The highest BCUT2D eigenvalue weighted by atomic mass is 127. The second-order valence-corrected chi connectivity index (χ2v) is 5.56. The Hall–Kier alpha value is -1.96. The van der Waals surface area contributed by atoms with Crippen LogP contribution in [0.15, 0.2) is 48.8 Å². The molecule has 0 spiro atoms. The zero-order chi connectivity index (χ0) is 15.2. The van der Waals surface area contributed by atoms with Crippen LogP contribution in [0.5, 0.6) is 0 Å². The molecular formula is C15H13IN2O3. The highest BCUT2D eigenvalue weighted by molar-refractivity contribution is 14.1. The molecule has 0 fully saturated rings. The van der Waals surface area contributed by atoms with Crippen molar-refractivity contribution in [1.29, 1.82) is 0 Å². The molecule has 0 saturated carbocycles. The highest BCUT2D eigenvalue weighted by Crippen LogP contribution is 2.14. The van der Waals surface area contributed by atoms with Crippen LogP contribution in [-0.2, 0) is 11.2 Å². The molecule has 0 bridgehead atoms. The molecule has 1 atom stereocenters. The van der Waals surface area contributed by atoms with Gasteiger partial charge in [-0.2, -0.15) is 0 Å². The normalized spacial score (nSPS) is 11.7. The molecule has 2 rings (SSSR count). The zero-order valence-corrected chi connectivity index (χ0v) is 13.1. The fourth-order valence-corrected chi connectivity index (χ4v) is 2.44. The number of rotatable bonds is 5. The van der Waals surface area contributed by atoms with E-state index in [4.69, 9.17) is 0 Å². The van der Waals surface area contributed by atoms with Crippen LogP contribution in [0, 0.1) is 3.57 Å². The number of carboxylic acid groups (broad SMARTS) is 1. The molecule has 1 heterocycles. The third-order valence-corrected chi connectivity index (χ3v) is 3.98. The van der Waals surface area contributed by atoms with Gasteiger partial charge in [-0.1, -0.05) is 18.2 Å². The fraction of sp³-hybridized carbons (Fsp3) is 0.133. The molecular weight excluding hydrogens is 383 g/mol. The van der Waals surface area contributed by atoms with E-state index in [1.165, 1.54) is 12.4 Å². The topological polar surface area (TPSA) is 79.3 Å². The molecule has 21 heavy (non-hydrogen) atoms. The van der Waals surface area contributed by atoms with Gasteiger partial charge in [-0.05, 0) is 46.4 Å². The van der Waals surface area contributed by atoms with E-state index in [0.29, 0.717) is 5.56 Å². The van der Waals surface area contributed by atoms with Crippen molar-refractivity contribution in [2.45, 2.75) is 12.5 Å². The van der Waals surface area contributed by atoms with Crippen LogP contribution in [0.4, 0.5) is 0 Å². The van der Waals surface area contributed by atoms with Crippen molar-refractivity contribution in [2.24, 2.45) is 0 Å². The predicted octanol–water partition coefficient (Wildman–Crippen LogP) is 2.11. The lowest BCUT2D eigenvalue weighted by atomic mass is 10.1. The van der Waals surface area contributed by atoms with Crippen molar-refractivity contribution in [3.05, 3.63) is 63.5 Å². The van der Waals surface area contributed by atoms with E-state index in [2.05, 4.69) is 32.9 Å². The van der Waals surface area contributed by atoms with E-state index in [-0.39, 0.29) is 6.42 Å². The van der Waals surface area contributed by atoms with Gasteiger partial charge in [0.25, 0.3) is 5.91 Å². The highest BCUT2D eigenvalue weighted by Gasteiger charge is 2.21. The number of hydrogen-bond donors (Lipinski definition) is 2. The van der Waals surface area contributed by atoms with E-state index < -0.39 is 17.9 Å². The lowest BCUT2D eigenvalue weighted by Gasteiger charge is -2.15. The molecule has 6 heteroatoms. The SMILES string of the molecule is O=C(N[C@H](Cc1ccccc1I)C(=O)O)c1ccncc1. The molecule has 0 aliphatic carbocycles. The molecule has 2 N–H and O–H groups in total. The van der Waals surface area contributed by atoms with Gasteiger partial charge in [0.2, 0.25) is 0 Å². The van der Waals surface area contributed by atoms with Crippen molar-refractivity contribution in [3.63, 3.8) is 0 Å². The maximum Gasteiger partial charge on any atom is 0.326 e. The number of aromatic nitrogens is 1. The monoisotopic (exact) mass is 396 g/mol. The number of carboxylic acids is 1. The molecule has 0 aliphatic heterocycles. The van der Waals surface area contributed by atoms with Gasteiger partial charge in [0.1, 0.15) is 6.04 Å². The van der Waals surface area contributed by atoms with Gasteiger partial charge in [-0.15, -0.1) is 0 Å². The summed E-state index contributed by atoms with van der Waals surface area (Å²) < 4.78 is 0.972. The fourth-order valence-electron chi connectivity index (χ4n) is 1.83. The summed E-state index contributed by atoms with van der Waals surface area (Å²) in [5.41, 5.74) is 1.28. The van der Waals surface area contributed by atoms with Crippen LogP contribution in [0.25, 0.3) is 0 Å². The second kappa shape index (κ2) is 7.16. The summed E-state index contributed by atoms with van der Waals surface area (Å²) in [5.74, 6) is -1.48. The quantitative estimate of drug-likeness (QED) is 0.759. The molecule has 1 amide bonds. The van der Waals surface area contributed by atoms with Gasteiger partial charge in [-0.3, -0.25) is 9.78 Å². The Kier molecular flexibility index (Phi) is 5.26. The lowest BCUT2D eigenvalue weighted by Crippen LogP contribution is -2.42. The Morgan fingerprint density at radius 3 is 2.48 bits per heavy atom. The number of hydrogen-bond acceptors (Lipinski definition) is 3. The number of halogens is 1. The molecule has 0 radical (unpaired) electrons. The van der Waals surface area contributed by atoms with Gasteiger partial charge < -0.3 is 10.4 Å². The van der Waals surface area contributed by atoms with Gasteiger partial charge in [0.05, 0.1) is 0 Å². The summed E-state index contributed by atoms with van der Waals surface area (Å²) in [5, 5.41) is 11.8. The number of aliphatic carboxylic acids is 1. The predicted molar refractivity (Wildman–Crippen MR) is 86.0 cm³/mol. The van der Waals surface area contributed by atoms with Crippen LogP contribution in [0.3, 0.4) is 0 Å². The second-order valence-electron chi connectivity index (χ2n) is 4.40. The van der Waals surface area contributed by atoms with Gasteiger partial charge >= 0.3 is 5.97 Å². The summed E-state index contributed by atoms with van der Waals surface area (Å²) >= 11 is 2.15. The number of nitrogens with one attached hydrogen (secondary N) is 1. The van der Waals surface area contributed by atoms with E-state index in [0.717, 1.165) is 9.13 Å². The largest absolute Gasteiger partial charge is 0.480 e. The number of benzene rings is 1. The van der Waals surface area contributed by atoms with E-state index in [1.807, 2.05) is 24.3 Å². The van der Waals surface area contributed by atoms with E-state index >= 15 is 0 Å². The van der Waals surface area contributed by atoms with Gasteiger partial charge in [0, 0.05) is 27.9 Å². The molecule has 5 nitrogen and oxygen atoms in total. The Balaban J connectivity index is 2.12. The number of carbonyl (C=O) groups excluding carboxylic acids is 1. The average molecular weight is 396 g/mol. The maximum absolute atomic E-state index is 12.0. The minimum Gasteiger partial charge on any atom is -0.480 e. The Labute approximate surface area is 135 Å². The summed E-state index contributed by atoms with van der Waals surface area (Å²) in [6.07, 6.45) is 3.22. The average Bonchev–Trinajstić information content (AvgIpc) is 2.49. The van der Waals surface area contributed by atoms with Crippen LogP contribution in [0.1, 0.15) is 15.9 Å². The van der Waals surface area contributed by atoms with Crippen molar-refractivity contribution < 1.29 is 14.7 Å². The van der Waals surface area contributed by atoms with Crippen LogP contribution >= 0.6 is 22.6 Å². The first-order valence-corrected chi connectivity index (χ1v) is 7.33. The summed E-state index contributed by atoms with van der Waals surface area (Å²) in [4.78, 5) is 27.2. The molecule has 1 aromatic carbocycles. The first-order chi connectivity index (χ1) is 10.1. The third-order valence-electron chi connectivity index (χ3n) is 2.93. The van der Waals surface area contributed by atoms with Crippen LogP contribution < -0.4 is 5.32 Å². The lowest BCUT2D eigenvalue weighted by molar-refractivity contribution is -0.139. The third kappa shape index (κ3) is 4.25.